The summed E-state index contributed by atoms with van der Waals surface area (Å²) in [6, 6.07) is 19.8. The second kappa shape index (κ2) is 8.81. The topological polar surface area (TPSA) is 36.1 Å². The van der Waals surface area contributed by atoms with Crippen molar-refractivity contribution in [3.63, 3.8) is 0 Å². The molecule has 4 heteroatoms. The Bertz CT molecular complexity index is 1030. The zero-order chi connectivity index (χ0) is 20.1. The van der Waals surface area contributed by atoms with Crippen LogP contribution in [-0.4, -0.2) is 10.1 Å². The van der Waals surface area contributed by atoms with E-state index in [1.165, 1.54) is 11.1 Å². The van der Waals surface area contributed by atoms with Gasteiger partial charge in [-0.3, -0.25) is 0 Å². The van der Waals surface area contributed by atoms with E-state index >= 15 is 0 Å². The molecule has 0 atom stereocenters. The van der Waals surface area contributed by atoms with Crippen molar-refractivity contribution < 1.29 is 9.67 Å². The van der Waals surface area contributed by atoms with E-state index in [0.29, 0.717) is 10.7 Å². The van der Waals surface area contributed by atoms with Crippen LogP contribution in [0.25, 0.3) is 11.5 Å². The van der Waals surface area contributed by atoms with Crippen LogP contribution >= 0.6 is 12.2 Å². The molecule has 3 aromatic rings. The third-order valence-corrected chi connectivity index (χ3v) is 5.14. The zero-order valence-electron chi connectivity index (χ0n) is 16.4. The number of anilines is 1. The highest BCUT2D eigenvalue weighted by molar-refractivity contribution is 7.81. The molecule has 0 spiro atoms. The number of thiocarbonyl (C=S) groups is 1. The first kappa shape index (κ1) is 19.8. The van der Waals surface area contributed by atoms with Crippen molar-refractivity contribution >= 4 is 34.3 Å². The van der Waals surface area contributed by atoms with Gasteiger partial charge in [0.25, 0.3) is 5.70 Å². The summed E-state index contributed by atoms with van der Waals surface area (Å²) in [7, 11) is 0. The van der Waals surface area contributed by atoms with Crippen LogP contribution in [0.3, 0.4) is 0 Å². The van der Waals surface area contributed by atoms with Crippen LogP contribution in [0, 0.1) is 13.8 Å². The van der Waals surface area contributed by atoms with Gasteiger partial charge in [-0.2, -0.15) is 4.57 Å². The number of para-hydroxylation sites is 1. The molecule has 2 N–H and O–H groups in total. The van der Waals surface area contributed by atoms with E-state index in [9.17, 15) is 5.11 Å². The normalized spacial score (nSPS) is 11.7. The molecule has 1 heterocycles. The summed E-state index contributed by atoms with van der Waals surface area (Å²) in [4.78, 5) is 0.466. The molecule has 142 valence electrons. The lowest BCUT2D eigenvalue weighted by Gasteiger charge is -2.13. The summed E-state index contributed by atoms with van der Waals surface area (Å²) in [5.74, 6) is 0.144. The number of aliphatic hydroxyl groups is 1. The molecule has 0 amide bonds. The van der Waals surface area contributed by atoms with Crippen LogP contribution in [0.1, 0.15) is 29.2 Å². The molecule has 3 rings (SSSR count). The fourth-order valence-electron chi connectivity index (χ4n) is 3.05. The Labute approximate surface area is 172 Å². The van der Waals surface area contributed by atoms with Crippen LogP contribution in [0.4, 0.5) is 5.69 Å². The molecule has 0 aliphatic rings. The van der Waals surface area contributed by atoms with Gasteiger partial charge >= 0.3 is 0 Å². The molecule has 0 fully saturated rings. The Hall–Kier alpha value is -2.98. The maximum atomic E-state index is 11.2. The van der Waals surface area contributed by atoms with E-state index in [1.54, 1.807) is 0 Å². The molecule has 0 aliphatic carbocycles. The number of nitrogens with one attached hydrogen (secondary N) is 1. The Morgan fingerprint density at radius 1 is 0.964 bits per heavy atom. The van der Waals surface area contributed by atoms with E-state index in [4.69, 9.17) is 12.2 Å². The van der Waals surface area contributed by atoms with Gasteiger partial charge in [-0.1, -0.05) is 55.5 Å². The summed E-state index contributed by atoms with van der Waals surface area (Å²) >= 11 is 5.73. The number of hydrogen-bond donors (Lipinski definition) is 2. The monoisotopic (exact) mass is 389 g/mol. The molecule has 0 saturated heterocycles. The third kappa shape index (κ3) is 4.29. The van der Waals surface area contributed by atoms with Gasteiger partial charge in [-0.05, 0) is 49.1 Å². The van der Waals surface area contributed by atoms with E-state index in [1.807, 2.05) is 78.5 Å². The van der Waals surface area contributed by atoms with Gasteiger partial charge in [0.1, 0.15) is 0 Å². The van der Waals surface area contributed by atoms with Gasteiger partial charge in [-0.15, -0.1) is 0 Å². The van der Waals surface area contributed by atoms with Crippen molar-refractivity contribution in [2.45, 2.75) is 27.2 Å². The Balaban J connectivity index is 2.09. The van der Waals surface area contributed by atoms with Crippen molar-refractivity contribution in [3.8, 4) is 0 Å². The minimum Gasteiger partial charge on any atom is -0.502 e. The van der Waals surface area contributed by atoms with Gasteiger partial charge in [-0.25, -0.2) is 0 Å². The molecule has 0 saturated carbocycles. The highest BCUT2D eigenvalue weighted by Gasteiger charge is 2.24. The van der Waals surface area contributed by atoms with E-state index < -0.39 is 0 Å². The molecular weight excluding hydrogens is 364 g/mol. The molecule has 1 aromatic heterocycles. The van der Waals surface area contributed by atoms with E-state index in [0.717, 1.165) is 23.2 Å². The van der Waals surface area contributed by atoms with E-state index in [-0.39, 0.29) is 5.76 Å². The maximum absolute atomic E-state index is 11.2. The number of rotatable bonds is 5. The second-order valence-corrected chi connectivity index (χ2v) is 7.15. The van der Waals surface area contributed by atoms with Crippen molar-refractivity contribution in [3.05, 3.63) is 95.3 Å². The van der Waals surface area contributed by atoms with Crippen molar-refractivity contribution in [2.24, 2.45) is 0 Å². The highest BCUT2D eigenvalue weighted by atomic mass is 32.1. The lowest BCUT2D eigenvalue weighted by molar-refractivity contribution is -0.575. The summed E-state index contributed by atoms with van der Waals surface area (Å²) < 4.78 is 1.84. The standard InChI is InChI=1S/C24H24N2OS/c1-4-19-10-6-7-11-21(19)25-24(28)22(26-14-8-5-9-15-26)23(27)20-13-12-17(2)18(3)16-20/h5-16H,4H2,1-3H3,(H-,25,27,28)/p+1. The minimum absolute atomic E-state index is 0.144. The average molecular weight is 390 g/mol. The Morgan fingerprint density at radius 3 is 2.36 bits per heavy atom. The number of aromatic nitrogens is 1. The largest absolute Gasteiger partial charge is 0.502 e. The summed E-state index contributed by atoms with van der Waals surface area (Å²) in [6.07, 6.45) is 4.66. The molecule has 0 unspecified atom stereocenters. The first-order valence-electron chi connectivity index (χ1n) is 9.38. The van der Waals surface area contributed by atoms with Gasteiger partial charge in [0.15, 0.2) is 23.1 Å². The van der Waals surface area contributed by atoms with E-state index in [2.05, 4.69) is 25.2 Å². The predicted molar refractivity (Wildman–Crippen MR) is 120 cm³/mol. The number of pyridine rings is 1. The summed E-state index contributed by atoms with van der Waals surface area (Å²) in [5.41, 5.74) is 5.72. The molecule has 0 bridgehead atoms. The average Bonchev–Trinajstić information content (AvgIpc) is 2.71. The lowest BCUT2D eigenvalue weighted by Crippen LogP contribution is -2.38. The van der Waals surface area contributed by atoms with Crippen molar-refractivity contribution in [2.75, 3.05) is 5.32 Å². The number of nitrogens with zero attached hydrogens (tertiary/aromatic N) is 1. The Morgan fingerprint density at radius 2 is 1.68 bits per heavy atom. The molecule has 0 radical (unpaired) electrons. The maximum Gasteiger partial charge on any atom is 0.288 e. The molecule has 2 aromatic carbocycles. The van der Waals surface area contributed by atoms with Gasteiger partial charge in [0, 0.05) is 23.4 Å². The summed E-state index contributed by atoms with van der Waals surface area (Å²) in [6.45, 7) is 6.20. The van der Waals surface area contributed by atoms with Gasteiger partial charge in [0.05, 0.1) is 0 Å². The van der Waals surface area contributed by atoms with Crippen LogP contribution in [0.5, 0.6) is 0 Å². The second-order valence-electron chi connectivity index (χ2n) is 6.74. The SMILES string of the molecule is CCc1ccccc1NC(=S)/C(=C(/O)c1ccc(C)c(C)c1)[n+]1ccccc1. The number of benzene rings is 2. The fourth-order valence-corrected chi connectivity index (χ4v) is 3.36. The van der Waals surface area contributed by atoms with Gasteiger partial charge in [0.2, 0.25) is 0 Å². The predicted octanol–water partition coefficient (Wildman–Crippen LogP) is 5.48. The minimum atomic E-state index is 0.144. The third-order valence-electron chi connectivity index (χ3n) is 4.84. The molecule has 3 nitrogen and oxygen atoms in total. The van der Waals surface area contributed by atoms with Gasteiger partial charge < -0.3 is 10.4 Å². The Kier molecular flexibility index (Phi) is 6.22. The van der Waals surface area contributed by atoms with Crippen molar-refractivity contribution in [1.82, 2.24) is 0 Å². The number of aliphatic hydroxyl groups excluding tert-OH is 1. The highest BCUT2D eigenvalue weighted by Crippen LogP contribution is 2.22. The fraction of sp³-hybridized carbons (Fsp3) is 0.167. The van der Waals surface area contributed by atoms with Crippen LogP contribution in [-0.2, 0) is 6.42 Å². The van der Waals surface area contributed by atoms with Crippen LogP contribution in [0.15, 0.2) is 73.1 Å². The van der Waals surface area contributed by atoms with Crippen molar-refractivity contribution in [1.29, 1.82) is 0 Å². The van der Waals surface area contributed by atoms with Crippen LogP contribution < -0.4 is 9.88 Å². The quantitative estimate of drug-likeness (QED) is 0.263. The lowest BCUT2D eigenvalue weighted by atomic mass is 10.0. The van der Waals surface area contributed by atoms with Crippen LogP contribution in [0.2, 0.25) is 0 Å². The first-order valence-corrected chi connectivity index (χ1v) is 9.79. The zero-order valence-corrected chi connectivity index (χ0v) is 17.3. The smallest absolute Gasteiger partial charge is 0.288 e. The first-order chi connectivity index (χ1) is 13.5. The number of aryl methyl sites for hydroxylation is 3. The summed E-state index contributed by atoms with van der Waals surface area (Å²) in [5, 5.41) is 14.5. The number of hydrogen-bond acceptors (Lipinski definition) is 2. The molecule has 28 heavy (non-hydrogen) atoms. The molecule has 0 aliphatic heterocycles. The molecular formula is C24H25N2OS+.